The zero-order valence-corrected chi connectivity index (χ0v) is 11.3. The molecule has 1 aliphatic carbocycles. The Balaban J connectivity index is 1.97. The molecule has 1 heterocycles. The van der Waals surface area contributed by atoms with E-state index in [4.69, 9.17) is 5.26 Å². The predicted octanol–water partition coefficient (Wildman–Crippen LogP) is 2.96. The molecule has 0 amide bonds. The van der Waals surface area contributed by atoms with Crippen molar-refractivity contribution >= 4 is 0 Å². The van der Waals surface area contributed by atoms with Gasteiger partial charge in [-0.05, 0) is 43.5 Å². The Morgan fingerprint density at radius 2 is 2.33 bits per heavy atom. The van der Waals surface area contributed by atoms with Crippen LogP contribution in [0.4, 0.5) is 0 Å². The monoisotopic (exact) mass is 243 g/mol. The van der Waals surface area contributed by atoms with Crippen LogP contribution in [-0.2, 0) is 6.54 Å². The molecule has 3 heteroatoms. The second kappa shape index (κ2) is 5.97. The van der Waals surface area contributed by atoms with Crippen molar-refractivity contribution in [3.8, 4) is 6.07 Å². The molecule has 18 heavy (non-hydrogen) atoms. The molecule has 2 rings (SSSR count). The first-order chi connectivity index (χ1) is 8.69. The summed E-state index contributed by atoms with van der Waals surface area (Å²) < 4.78 is 0. The minimum absolute atomic E-state index is 0.512. The van der Waals surface area contributed by atoms with Gasteiger partial charge in [0.1, 0.15) is 11.8 Å². The van der Waals surface area contributed by atoms with Crippen LogP contribution in [0.3, 0.4) is 0 Å². The van der Waals surface area contributed by atoms with Crippen LogP contribution < -0.4 is 0 Å². The molecular weight excluding hydrogens is 222 g/mol. The quantitative estimate of drug-likeness (QED) is 0.819. The number of nitrogens with zero attached hydrogens (tertiary/aromatic N) is 3. The van der Waals surface area contributed by atoms with Crippen molar-refractivity contribution in [1.29, 1.82) is 5.26 Å². The molecule has 1 aromatic heterocycles. The molecule has 2 atom stereocenters. The van der Waals surface area contributed by atoms with Gasteiger partial charge in [0.25, 0.3) is 0 Å². The molecular formula is C15H21N3. The van der Waals surface area contributed by atoms with Crippen molar-refractivity contribution in [2.45, 2.75) is 45.2 Å². The summed E-state index contributed by atoms with van der Waals surface area (Å²) in [4.78, 5) is 6.43. The molecule has 0 aromatic carbocycles. The van der Waals surface area contributed by atoms with E-state index in [0.29, 0.717) is 11.7 Å². The molecule has 2 unspecified atom stereocenters. The fraction of sp³-hybridized carbons (Fsp3) is 0.600. The lowest BCUT2D eigenvalue weighted by molar-refractivity contribution is 0.157. The van der Waals surface area contributed by atoms with E-state index in [9.17, 15) is 0 Å². The summed E-state index contributed by atoms with van der Waals surface area (Å²) >= 11 is 0. The Labute approximate surface area is 109 Å². The zero-order valence-electron chi connectivity index (χ0n) is 11.3. The Morgan fingerprint density at radius 1 is 1.50 bits per heavy atom. The van der Waals surface area contributed by atoms with Crippen LogP contribution >= 0.6 is 0 Å². The predicted molar refractivity (Wildman–Crippen MR) is 71.8 cm³/mol. The number of hydrogen-bond acceptors (Lipinski definition) is 3. The summed E-state index contributed by atoms with van der Waals surface area (Å²) in [7, 11) is 2.19. The Morgan fingerprint density at radius 3 is 3.06 bits per heavy atom. The molecule has 0 N–H and O–H groups in total. The highest BCUT2D eigenvalue weighted by Gasteiger charge is 2.22. The third kappa shape index (κ3) is 3.30. The summed E-state index contributed by atoms with van der Waals surface area (Å²) in [6, 6.07) is 6.68. The van der Waals surface area contributed by atoms with Gasteiger partial charge < -0.3 is 0 Å². The fourth-order valence-electron chi connectivity index (χ4n) is 2.85. The van der Waals surface area contributed by atoms with Gasteiger partial charge in [-0.2, -0.15) is 5.26 Å². The van der Waals surface area contributed by atoms with Gasteiger partial charge in [0, 0.05) is 18.8 Å². The molecule has 0 bridgehead atoms. The highest BCUT2D eigenvalue weighted by Crippen LogP contribution is 2.27. The average molecular weight is 243 g/mol. The Bertz CT molecular complexity index is 436. The summed E-state index contributed by atoms with van der Waals surface area (Å²) in [5.74, 6) is 0.846. The first kappa shape index (κ1) is 13.0. The van der Waals surface area contributed by atoms with Crippen molar-refractivity contribution in [2.24, 2.45) is 5.92 Å². The second-order valence-electron chi connectivity index (χ2n) is 5.50. The average Bonchev–Trinajstić information content (AvgIpc) is 2.39. The molecule has 1 saturated carbocycles. The van der Waals surface area contributed by atoms with Crippen LogP contribution in [0.5, 0.6) is 0 Å². The largest absolute Gasteiger partial charge is 0.299 e. The van der Waals surface area contributed by atoms with Crippen LogP contribution in [0.25, 0.3) is 0 Å². The first-order valence-corrected chi connectivity index (χ1v) is 6.74. The smallest absolute Gasteiger partial charge is 0.140 e. The van der Waals surface area contributed by atoms with Crippen molar-refractivity contribution < 1.29 is 0 Å². The topological polar surface area (TPSA) is 39.9 Å². The third-order valence-corrected chi connectivity index (χ3v) is 3.90. The molecule has 1 aliphatic rings. The fourth-order valence-corrected chi connectivity index (χ4v) is 2.85. The SMILES string of the molecule is CC1CCCC(N(C)Cc2ccnc(C#N)c2)C1. The number of hydrogen-bond donors (Lipinski definition) is 0. The van der Waals surface area contributed by atoms with Gasteiger partial charge in [-0.1, -0.05) is 19.8 Å². The van der Waals surface area contributed by atoms with Crippen LogP contribution in [-0.4, -0.2) is 23.0 Å². The van der Waals surface area contributed by atoms with Crippen LogP contribution in [0.1, 0.15) is 43.9 Å². The van der Waals surface area contributed by atoms with Crippen molar-refractivity contribution in [1.82, 2.24) is 9.88 Å². The minimum Gasteiger partial charge on any atom is -0.299 e. The summed E-state index contributed by atoms with van der Waals surface area (Å²) in [5, 5.41) is 8.85. The van der Waals surface area contributed by atoms with Gasteiger partial charge in [0.2, 0.25) is 0 Å². The van der Waals surface area contributed by atoms with E-state index in [1.54, 1.807) is 6.20 Å². The summed E-state index contributed by atoms with van der Waals surface area (Å²) in [5.41, 5.74) is 1.69. The van der Waals surface area contributed by atoms with E-state index in [0.717, 1.165) is 12.5 Å². The van der Waals surface area contributed by atoms with E-state index in [1.165, 1.54) is 31.2 Å². The van der Waals surface area contributed by atoms with Crippen LogP contribution in [0, 0.1) is 17.2 Å². The molecule has 1 fully saturated rings. The summed E-state index contributed by atoms with van der Waals surface area (Å²) in [6.45, 7) is 3.26. The number of rotatable bonds is 3. The molecule has 96 valence electrons. The number of pyridine rings is 1. The Kier molecular flexibility index (Phi) is 4.33. The molecule has 0 radical (unpaired) electrons. The maximum atomic E-state index is 8.85. The molecule has 0 spiro atoms. The highest BCUT2D eigenvalue weighted by molar-refractivity contribution is 5.25. The van der Waals surface area contributed by atoms with Crippen molar-refractivity contribution in [2.75, 3.05) is 7.05 Å². The lowest BCUT2D eigenvalue weighted by atomic mass is 9.86. The van der Waals surface area contributed by atoms with Gasteiger partial charge in [0.05, 0.1) is 0 Å². The van der Waals surface area contributed by atoms with Crippen molar-refractivity contribution in [3.63, 3.8) is 0 Å². The van der Waals surface area contributed by atoms with E-state index < -0.39 is 0 Å². The second-order valence-corrected chi connectivity index (χ2v) is 5.50. The molecule has 3 nitrogen and oxygen atoms in total. The number of nitriles is 1. The van der Waals surface area contributed by atoms with Gasteiger partial charge in [0.15, 0.2) is 0 Å². The zero-order chi connectivity index (χ0) is 13.0. The van der Waals surface area contributed by atoms with Gasteiger partial charge in [-0.15, -0.1) is 0 Å². The van der Waals surface area contributed by atoms with Crippen LogP contribution in [0.2, 0.25) is 0 Å². The van der Waals surface area contributed by atoms with E-state index in [-0.39, 0.29) is 0 Å². The maximum Gasteiger partial charge on any atom is 0.140 e. The summed E-state index contributed by atoms with van der Waals surface area (Å²) in [6.07, 6.45) is 7.04. The normalized spacial score (nSPS) is 23.9. The minimum atomic E-state index is 0.512. The Hall–Kier alpha value is -1.40. The standard InChI is InChI=1S/C15H21N3/c1-12-4-3-5-15(8-12)18(2)11-13-6-7-17-14(9-13)10-16/h6-7,9,12,15H,3-5,8,11H2,1-2H3. The van der Waals surface area contributed by atoms with Gasteiger partial charge in [-0.25, -0.2) is 4.98 Å². The lowest BCUT2D eigenvalue weighted by Gasteiger charge is -2.34. The number of aromatic nitrogens is 1. The molecule has 1 aromatic rings. The van der Waals surface area contributed by atoms with E-state index in [2.05, 4.69) is 29.9 Å². The van der Waals surface area contributed by atoms with Gasteiger partial charge in [-0.3, -0.25) is 4.90 Å². The lowest BCUT2D eigenvalue weighted by Crippen LogP contribution is -2.35. The first-order valence-electron chi connectivity index (χ1n) is 6.74. The van der Waals surface area contributed by atoms with Crippen molar-refractivity contribution in [3.05, 3.63) is 29.6 Å². The van der Waals surface area contributed by atoms with Crippen LogP contribution in [0.15, 0.2) is 18.3 Å². The molecule has 0 aliphatic heterocycles. The van der Waals surface area contributed by atoms with Gasteiger partial charge >= 0.3 is 0 Å². The van der Waals surface area contributed by atoms with E-state index in [1.807, 2.05) is 12.1 Å². The third-order valence-electron chi connectivity index (χ3n) is 3.90. The maximum absolute atomic E-state index is 8.85. The van der Waals surface area contributed by atoms with E-state index >= 15 is 0 Å². The highest BCUT2D eigenvalue weighted by atomic mass is 15.1. The molecule has 0 saturated heterocycles.